The highest BCUT2D eigenvalue weighted by Crippen LogP contribution is 2.35. The zero-order valence-electron chi connectivity index (χ0n) is 19.0. The number of hydrogen-bond acceptors (Lipinski definition) is 3. The van der Waals surface area contributed by atoms with Crippen LogP contribution in [-0.2, 0) is 13.0 Å². The van der Waals surface area contributed by atoms with Crippen molar-refractivity contribution in [1.82, 2.24) is 9.47 Å². The van der Waals surface area contributed by atoms with Crippen LogP contribution in [0.25, 0.3) is 10.9 Å². The standard InChI is InChI=1S/C26H29F2N3O2.ClH/c27-22-7-4-8-24-20(22)11-14-30(24)12-1-2-13-31(17-5-3-6-17)18-15-21-19(26(29)32)9-10-23(28)25(21)33-16-18;/h4,7-11,14,17-18H,1-3,5-6,12-13,15-16H2,(H2,29,32);1H. The molecular formula is C26H30ClF2N3O2. The lowest BCUT2D eigenvalue weighted by atomic mass is 9.87. The van der Waals surface area contributed by atoms with Gasteiger partial charge in [-0.1, -0.05) is 12.5 Å². The fourth-order valence-corrected chi connectivity index (χ4v) is 5.21. The molecule has 182 valence electrons. The second-order valence-electron chi connectivity index (χ2n) is 9.15. The Morgan fingerprint density at radius 3 is 2.65 bits per heavy atom. The first-order chi connectivity index (χ1) is 16.0. The van der Waals surface area contributed by atoms with E-state index in [9.17, 15) is 13.6 Å². The lowest BCUT2D eigenvalue weighted by molar-refractivity contribution is 0.0414. The fraction of sp³-hybridized carbons (Fsp3) is 0.423. The van der Waals surface area contributed by atoms with Gasteiger partial charge >= 0.3 is 0 Å². The number of carbonyl (C=O) groups is 1. The van der Waals surface area contributed by atoms with Gasteiger partial charge in [0, 0.05) is 41.3 Å². The Morgan fingerprint density at radius 2 is 1.91 bits per heavy atom. The van der Waals surface area contributed by atoms with E-state index in [0.29, 0.717) is 35.6 Å². The predicted molar refractivity (Wildman–Crippen MR) is 131 cm³/mol. The van der Waals surface area contributed by atoms with Crippen molar-refractivity contribution in [3.8, 4) is 5.75 Å². The van der Waals surface area contributed by atoms with Crippen LogP contribution in [0.4, 0.5) is 8.78 Å². The Balaban J connectivity index is 0.00000274. The Hall–Kier alpha value is -2.64. The van der Waals surface area contributed by atoms with Crippen molar-refractivity contribution in [2.75, 3.05) is 13.2 Å². The Bertz CT molecular complexity index is 1180. The molecule has 2 aliphatic rings. The van der Waals surface area contributed by atoms with Crippen molar-refractivity contribution >= 4 is 29.2 Å². The van der Waals surface area contributed by atoms with Crippen LogP contribution in [-0.4, -0.2) is 40.6 Å². The zero-order valence-corrected chi connectivity index (χ0v) is 19.8. The molecule has 2 heterocycles. The molecule has 0 radical (unpaired) electrons. The molecule has 0 saturated heterocycles. The summed E-state index contributed by atoms with van der Waals surface area (Å²) in [4.78, 5) is 14.4. The summed E-state index contributed by atoms with van der Waals surface area (Å²) < 4.78 is 36.2. The molecule has 34 heavy (non-hydrogen) atoms. The van der Waals surface area contributed by atoms with Crippen LogP contribution < -0.4 is 10.5 Å². The van der Waals surface area contributed by atoms with Crippen molar-refractivity contribution in [3.05, 3.63) is 65.4 Å². The number of hydrogen-bond donors (Lipinski definition) is 1. The number of halogens is 3. The molecule has 8 heteroatoms. The van der Waals surface area contributed by atoms with E-state index in [-0.39, 0.29) is 30.0 Å². The molecule has 1 fully saturated rings. The molecule has 0 spiro atoms. The van der Waals surface area contributed by atoms with Gasteiger partial charge in [-0.2, -0.15) is 0 Å². The number of primary amides is 1. The number of benzene rings is 2. The van der Waals surface area contributed by atoms with Crippen LogP contribution in [0.3, 0.4) is 0 Å². The topological polar surface area (TPSA) is 60.5 Å². The second-order valence-corrected chi connectivity index (χ2v) is 9.15. The van der Waals surface area contributed by atoms with Crippen molar-refractivity contribution < 1.29 is 18.3 Å². The van der Waals surface area contributed by atoms with Crippen LogP contribution >= 0.6 is 12.4 Å². The van der Waals surface area contributed by atoms with Crippen LogP contribution in [0.5, 0.6) is 5.75 Å². The van der Waals surface area contributed by atoms with E-state index in [4.69, 9.17) is 10.5 Å². The minimum Gasteiger partial charge on any atom is -0.489 e. The summed E-state index contributed by atoms with van der Waals surface area (Å²) >= 11 is 0. The molecule has 2 N–H and O–H groups in total. The molecule has 1 aromatic heterocycles. The summed E-state index contributed by atoms with van der Waals surface area (Å²) in [6.07, 6.45) is 7.98. The Labute approximate surface area is 204 Å². The largest absolute Gasteiger partial charge is 0.489 e. The third-order valence-electron chi connectivity index (χ3n) is 7.18. The number of aryl methyl sites for hydroxylation is 1. The minimum absolute atomic E-state index is 0. The number of carbonyl (C=O) groups excluding carboxylic acids is 1. The maximum absolute atomic E-state index is 14.3. The van der Waals surface area contributed by atoms with E-state index >= 15 is 0 Å². The third kappa shape index (κ3) is 4.64. The molecular weight excluding hydrogens is 460 g/mol. The van der Waals surface area contributed by atoms with Gasteiger partial charge in [-0.25, -0.2) is 8.78 Å². The van der Waals surface area contributed by atoms with Crippen LogP contribution in [0, 0.1) is 11.6 Å². The maximum atomic E-state index is 14.3. The van der Waals surface area contributed by atoms with E-state index in [1.165, 1.54) is 24.6 Å². The number of nitrogens with zero attached hydrogens (tertiary/aromatic N) is 2. The van der Waals surface area contributed by atoms with Crippen LogP contribution in [0.2, 0.25) is 0 Å². The molecule has 1 unspecified atom stereocenters. The van der Waals surface area contributed by atoms with Crippen LogP contribution in [0.1, 0.15) is 48.0 Å². The van der Waals surface area contributed by atoms with E-state index in [1.54, 1.807) is 6.07 Å². The highest BCUT2D eigenvalue weighted by molar-refractivity contribution is 5.95. The molecule has 1 saturated carbocycles. The van der Waals surface area contributed by atoms with Gasteiger partial charge in [0.15, 0.2) is 11.6 Å². The monoisotopic (exact) mass is 489 g/mol. The summed E-state index contributed by atoms with van der Waals surface area (Å²) in [6.45, 7) is 2.14. The highest BCUT2D eigenvalue weighted by atomic mass is 35.5. The van der Waals surface area contributed by atoms with Gasteiger partial charge in [-0.15, -0.1) is 12.4 Å². The van der Waals surface area contributed by atoms with Crippen molar-refractivity contribution in [1.29, 1.82) is 0 Å². The van der Waals surface area contributed by atoms with E-state index < -0.39 is 11.7 Å². The first kappa shape index (κ1) is 24.5. The molecule has 3 aromatic rings. The smallest absolute Gasteiger partial charge is 0.249 e. The molecule has 1 atom stereocenters. The van der Waals surface area contributed by atoms with Crippen molar-refractivity contribution in [2.45, 2.75) is 57.2 Å². The minimum atomic E-state index is -0.555. The van der Waals surface area contributed by atoms with Crippen molar-refractivity contribution in [2.24, 2.45) is 5.73 Å². The normalized spacial score (nSPS) is 17.7. The summed E-state index contributed by atoms with van der Waals surface area (Å²) in [6, 6.07) is 10.3. The van der Waals surface area contributed by atoms with Crippen LogP contribution in [0.15, 0.2) is 42.6 Å². The van der Waals surface area contributed by atoms with Gasteiger partial charge < -0.3 is 15.0 Å². The van der Waals surface area contributed by atoms with Gasteiger partial charge in [0.25, 0.3) is 0 Å². The van der Waals surface area contributed by atoms with Gasteiger partial charge in [0.2, 0.25) is 5.91 Å². The predicted octanol–water partition coefficient (Wildman–Crippen LogP) is 5.08. The average molecular weight is 490 g/mol. The summed E-state index contributed by atoms with van der Waals surface area (Å²) in [5, 5.41) is 0.657. The van der Waals surface area contributed by atoms with Gasteiger partial charge in [-0.05, 0) is 69.0 Å². The van der Waals surface area contributed by atoms with Gasteiger partial charge in [0.05, 0.1) is 5.52 Å². The molecule has 5 nitrogen and oxygen atoms in total. The van der Waals surface area contributed by atoms with E-state index in [1.807, 2.05) is 18.3 Å². The lowest BCUT2D eigenvalue weighted by Gasteiger charge is -2.44. The molecule has 5 rings (SSSR count). The first-order valence-electron chi connectivity index (χ1n) is 11.8. The molecule has 2 aromatic carbocycles. The van der Waals surface area contributed by atoms with Crippen molar-refractivity contribution in [3.63, 3.8) is 0 Å². The van der Waals surface area contributed by atoms with Gasteiger partial charge in [0.1, 0.15) is 12.4 Å². The quantitative estimate of drug-likeness (QED) is 0.449. The maximum Gasteiger partial charge on any atom is 0.249 e. The molecule has 1 amide bonds. The number of fused-ring (bicyclic) bond motifs is 2. The summed E-state index contributed by atoms with van der Waals surface area (Å²) in [7, 11) is 0. The number of rotatable bonds is 8. The Kier molecular flexibility index (Phi) is 7.43. The summed E-state index contributed by atoms with van der Waals surface area (Å²) in [5.74, 6) is -1.02. The van der Waals surface area contributed by atoms with E-state index in [0.717, 1.165) is 44.3 Å². The third-order valence-corrected chi connectivity index (χ3v) is 7.18. The molecule has 1 aliphatic heterocycles. The first-order valence-corrected chi connectivity index (χ1v) is 11.8. The number of unbranched alkanes of at least 4 members (excludes halogenated alkanes) is 1. The van der Waals surface area contributed by atoms with Gasteiger partial charge in [-0.3, -0.25) is 9.69 Å². The molecule has 0 bridgehead atoms. The SMILES string of the molecule is Cl.NC(=O)c1ccc(F)c2c1CC(N(CCCCn1ccc3c(F)cccc31)C1CCC1)CO2. The lowest BCUT2D eigenvalue weighted by Crippen LogP contribution is -2.51. The molecule has 1 aliphatic carbocycles. The average Bonchev–Trinajstić information content (AvgIpc) is 3.18. The number of ether oxygens (including phenoxy) is 1. The second kappa shape index (κ2) is 10.3. The number of amides is 1. The Morgan fingerprint density at radius 1 is 1.09 bits per heavy atom. The number of nitrogens with two attached hydrogens (primary N) is 1. The highest BCUT2D eigenvalue weighted by Gasteiger charge is 2.35. The zero-order chi connectivity index (χ0) is 22.9. The van der Waals surface area contributed by atoms with E-state index in [2.05, 4.69) is 9.47 Å². The number of aromatic nitrogens is 1. The fourth-order valence-electron chi connectivity index (χ4n) is 5.21. The summed E-state index contributed by atoms with van der Waals surface area (Å²) in [5.41, 5.74) is 7.40.